The third-order valence-electron chi connectivity index (χ3n) is 3.95. The fourth-order valence-electron chi connectivity index (χ4n) is 2.93. The summed E-state index contributed by atoms with van der Waals surface area (Å²) >= 11 is 1.56. The molecule has 1 spiro atoms. The van der Waals surface area contributed by atoms with Crippen molar-refractivity contribution in [1.82, 2.24) is 9.88 Å². The normalized spacial score (nSPS) is 23.7. The second kappa shape index (κ2) is 6.23. The zero-order valence-corrected chi connectivity index (χ0v) is 13.0. The van der Waals surface area contributed by atoms with Gasteiger partial charge in [0.1, 0.15) is 11.7 Å². The summed E-state index contributed by atoms with van der Waals surface area (Å²) < 4.78 is 11.9. The Balaban J connectivity index is 1.54. The average molecular weight is 308 g/mol. The molecule has 0 saturated carbocycles. The Morgan fingerprint density at radius 2 is 2.43 bits per heavy atom. The first kappa shape index (κ1) is 14.7. The molecule has 21 heavy (non-hydrogen) atoms. The lowest BCUT2D eigenvalue weighted by Crippen LogP contribution is -2.67. The molecule has 2 fully saturated rings. The number of carbonyl (C=O) groups is 1. The van der Waals surface area contributed by atoms with Crippen LogP contribution >= 0.6 is 11.8 Å². The highest BCUT2D eigenvalue weighted by Gasteiger charge is 2.49. The smallest absolute Gasteiger partial charge is 0.232 e. The van der Waals surface area contributed by atoms with Gasteiger partial charge in [0.2, 0.25) is 11.8 Å². The van der Waals surface area contributed by atoms with E-state index >= 15 is 0 Å². The van der Waals surface area contributed by atoms with Crippen LogP contribution in [0.3, 0.4) is 0 Å². The number of amides is 1. The molecule has 0 aliphatic carbocycles. The van der Waals surface area contributed by atoms with Crippen molar-refractivity contribution in [2.75, 3.05) is 31.7 Å². The van der Waals surface area contributed by atoms with E-state index in [1.165, 1.54) is 0 Å². The van der Waals surface area contributed by atoms with Crippen LogP contribution in [-0.2, 0) is 9.53 Å². The van der Waals surface area contributed by atoms with Gasteiger partial charge in [-0.25, -0.2) is 4.98 Å². The lowest BCUT2D eigenvalue weighted by atomic mass is 9.84. The number of hydrogen-bond acceptors (Lipinski definition) is 5. The number of thioether (sulfide) groups is 1. The predicted octanol–water partition coefficient (Wildman–Crippen LogP) is 1.58. The van der Waals surface area contributed by atoms with E-state index < -0.39 is 0 Å². The number of nitrogens with zero attached hydrogens (tertiary/aromatic N) is 2. The molecule has 0 bridgehead atoms. The van der Waals surface area contributed by atoms with E-state index in [2.05, 4.69) is 4.98 Å². The number of aromatic nitrogens is 1. The summed E-state index contributed by atoms with van der Waals surface area (Å²) in [5.41, 5.74) is -0.203. The summed E-state index contributed by atoms with van der Waals surface area (Å²) in [6, 6.07) is 5.67. The quantitative estimate of drug-likeness (QED) is 0.845. The third-order valence-corrected chi connectivity index (χ3v) is 4.49. The van der Waals surface area contributed by atoms with E-state index in [1.807, 2.05) is 29.4 Å². The number of pyridine rings is 1. The zero-order chi connectivity index (χ0) is 14.7. The molecule has 1 aromatic heterocycles. The third kappa shape index (κ3) is 3.32. The van der Waals surface area contributed by atoms with Crippen LogP contribution in [0.2, 0.25) is 0 Å². The van der Waals surface area contributed by atoms with Crippen molar-refractivity contribution in [2.24, 2.45) is 0 Å². The van der Waals surface area contributed by atoms with Gasteiger partial charge in [-0.2, -0.15) is 11.8 Å². The maximum atomic E-state index is 11.8. The topological polar surface area (TPSA) is 51.7 Å². The Kier molecular flexibility index (Phi) is 4.35. The van der Waals surface area contributed by atoms with Gasteiger partial charge in [-0.3, -0.25) is 4.79 Å². The van der Waals surface area contributed by atoms with Gasteiger partial charge in [-0.15, -0.1) is 0 Å². The van der Waals surface area contributed by atoms with Crippen molar-refractivity contribution >= 4 is 17.7 Å². The Hall–Kier alpha value is -1.27. The summed E-state index contributed by atoms with van der Waals surface area (Å²) in [6.45, 7) is 2.06. The molecule has 2 saturated heterocycles. The Bertz CT molecular complexity index is 491. The number of rotatable bonds is 4. The number of ether oxygens (including phenoxy) is 2. The van der Waals surface area contributed by atoms with Crippen LogP contribution in [0.1, 0.15) is 12.8 Å². The molecule has 1 atom stereocenters. The highest BCUT2D eigenvalue weighted by atomic mass is 32.2. The lowest BCUT2D eigenvalue weighted by Gasteiger charge is -2.52. The number of carbonyl (C=O) groups excluding carboxylic acids is 1. The molecular formula is C15H20N2O3S. The van der Waals surface area contributed by atoms with Gasteiger partial charge in [0.15, 0.2) is 0 Å². The maximum absolute atomic E-state index is 11.8. The predicted molar refractivity (Wildman–Crippen MR) is 81.5 cm³/mol. The van der Waals surface area contributed by atoms with Crippen LogP contribution in [0.5, 0.6) is 5.88 Å². The monoisotopic (exact) mass is 308 g/mol. The van der Waals surface area contributed by atoms with E-state index in [0.717, 1.165) is 12.8 Å². The van der Waals surface area contributed by atoms with Crippen molar-refractivity contribution in [3.8, 4) is 5.88 Å². The van der Waals surface area contributed by atoms with Gasteiger partial charge < -0.3 is 14.4 Å². The minimum Gasteiger partial charge on any atom is -0.474 e. The van der Waals surface area contributed by atoms with Gasteiger partial charge in [0, 0.05) is 25.1 Å². The molecule has 3 heterocycles. The molecule has 1 amide bonds. The number of likely N-dealkylation sites (tertiary alicyclic amines) is 1. The average Bonchev–Trinajstić information content (AvgIpc) is 2.46. The molecule has 0 aromatic carbocycles. The molecule has 0 radical (unpaired) electrons. The SMILES string of the molecule is CSCC(=O)N1CC2(C[C@H](Oc3ccccn3)CCO2)C1. The number of hydrogen-bond donors (Lipinski definition) is 0. The Labute approximate surface area is 129 Å². The van der Waals surface area contributed by atoms with Gasteiger partial charge >= 0.3 is 0 Å². The first-order chi connectivity index (χ1) is 10.2. The van der Waals surface area contributed by atoms with E-state index in [4.69, 9.17) is 9.47 Å². The molecule has 114 valence electrons. The summed E-state index contributed by atoms with van der Waals surface area (Å²) in [7, 11) is 0. The second-order valence-electron chi connectivity index (χ2n) is 5.61. The molecule has 5 nitrogen and oxygen atoms in total. The van der Waals surface area contributed by atoms with Crippen molar-refractivity contribution in [3.05, 3.63) is 24.4 Å². The molecule has 0 unspecified atom stereocenters. The molecule has 6 heteroatoms. The van der Waals surface area contributed by atoms with Crippen LogP contribution in [-0.4, -0.2) is 59.2 Å². The van der Waals surface area contributed by atoms with E-state index in [9.17, 15) is 4.79 Å². The molecular weight excluding hydrogens is 288 g/mol. The minimum atomic E-state index is -0.203. The van der Waals surface area contributed by atoms with Crippen LogP contribution in [0, 0.1) is 0 Å². The largest absolute Gasteiger partial charge is 0.474 e. The molecule has 0 N–H and O–H groups in total. The highest BCUT2D eigenvalue weighted by molar-refractivity contribution is 7.99. The van der Waals surface area contributed by atoms with E-state index in [-0.39, 0.29) is 17.6 Å². The minimum absolute atomic E-state index is 0.117. The van der Waals surface area contributed by atoms with Crippen LogP contribution in [0.4, 0.5) is 0 Å². The molecule has 3 rings (SSSR count). The van der Waals surface area contributed by atoms with Gasteiger partial charge in [-0.05, 0) is 12.3 Å². The lowest BCUT2D eigenvalue weighted by molar-refractivity contribution is -0.191. The van der Waals surface area contributed by atoms with Crippen molar-refractivity contribution in [2.45, 2.75) is 24.5 Å². The molecule has 1 aromatic rings. The summed E-state index contributed by atoms with van der Waals surface area (Å²) in [5, 5.41) is 0. The highest BCUT2D eigenvalue weighted by Crippen LogP contribution is 2.35. The summed E-state index contributed by atoms with van der Waals surface area (Å²) in [5.74, 6) is 1.41. The fourth-order valence-corrected chi connectivity index (χ4v) is 3.36. The van der Waals surface area contributed by atoms with E-state index in [0.29, 0.717) is 31.3 Å². The van der Waals surface area contributed by atoms with Gasteiger partial charge in [0.05, 0.1) is 25.4 Å². The van der Waals surface area contributed by atoms with Crippen LogP contribution in [0.15, 0.2) is 24.4 Å². The van der Waals surface area contributed by atoms with E-state index in [1.54, 1.807) is 18.0 Å². The first-order valence-corrected chi connectivity index (χ1v) is 8.58. The molecule has 2 aliphatic heterocycles. The Morgan fingerprint density at radius 3 is 3.14 bits per heavy atom. The van der Waals surface area contributed by atoms with Crippen molar-refractivity contribution < 1.29 is 14.3 Å². The summed E-state index contributed by atoms with van der Waals surface area (Å²) in [4.78, 5) is 17.9. The fraction of sp³-hybridized carbons (Fsp3) is 0.600. The summed E-state index contributed by atoms with van der Waals surface area (Å²) in [6.07, 6.45) is 5.49. The van der Waals surface area contributed by atoms with Crippen molar-refractivity contribution in [3.63, 3.8) is 0 Å². The molecule has 2 aliphatic rings. The van der Waals surface area contributed by atoms with Gasteiger partial charge in [-0.1, -0.05) is 6.07 Å². The standard InChI is InChI=1S/C15H20N2O3S/c1-21-9-14(18)17-10-15(11-17)8-12(5-7-19-15)20-13-4-2-3-6-16-13/h2-4,6,12H,5,7-11H2,1H3/t12-/m1/s1. The van der Waals surface area contributed by atoms with Crippen LogP contribution < -0.4 is 4.74 Å². The van der Waals surface area contributed by atoms with Gasteiger partial charge in [0.25, 0.3) is 0 Å². The first-order valence-electron chi connectivity index (χ1n) is 7.19. The Morgan fingerprint density at radius 1 is 1.57 bits per heavy atom. The second-order valence-corrected chi connectivity index (χ2v) is 6.48. The van der Waals surface area contributed by atoms with Crippen LogP contribution in [0.25, 0.3) is 0 Å². The maximum Gasteiger partial charge on any atom is 0.232 e. The zero-order valence-electron chi connectivity index (χ0n) is 12.2. The van der Waals surface area contributed by atoms with Crippen molar-refractivity contribution in [1.29, 1.82) is 0 Å².